The van der Waals surface area contributed by atoms with Gasteiger partial charge in [-0.3, -0.25) is 14.2 Å². The van der Waals surface area contributed by atoms with Crippen molar-refractivity contribution in [2.45, 2.75) is 27.2 Å². The van der Waals surface area contributed by atoms with Crippen molar-refractivity contribution in [1.82, 2.24) is 9.55 Å². The van der Waals surface area contributed by atoms with E-state index in [1.165, 1.54) is 35.8 Å². The number of rotatable bonds is 4. The van der Waals surface area contributed by atoms with E-state index in [0.717, 1.165) is 6.07 Å². The van der Waals surface area contributed by atoms with Crippen LogP contribution in [0.15, 0.2) is 41.2 Å². The Kier molecular flexibility index (Phi) is 4.99. The molecule has 0 unspecified atom stereocenters. The fourth-order valence-corrected chi connectivity index (χ4v) is 2.98. The van der Waals surface area contributed by atoms with Gasteiger partial charge in [0, 0.05) is 18.1 Å². The lowest BCUT2D eigenvalue weighted by atomic mass is 10.1. The van der Waals surface area contributed by atoms with Crippen molar-refractivity contribution in [2.24, 2.45) is 0 Å². The SMILES string of the molecule is CCc1nc2cc(F)c(/C=C/C(C)=O)cc2c(=O)n1-c1c(C)cccc1F. The Morgan fingerprint density at radius 2 is 1.96 bits per heavy atom. The van der Waals surface area contributed by atoms with Crippen LogP contribution < -0.4 is 5.56 Å². The van der Waals surface area contributed by atoms with Crippen molar-refractivity contribution in [1.29, 1.82) is 0 Å². The smallest absolute Gasteiger partial charge is 0.266 e. The summed E-state index contributed by atoms with van der Waals surface area (Å²) in [5.41, 5.74) is 0.533. The van der Waals surface area contributed by atoms with E-state index >= 15 is 0 Å². The maximum Gasteiger partial charge on any atom is 0.266 e. The Hall–Kier alpha value is -3.15. The minimum absolute atomic E-state index is 0.0951. The molecule has 0 fully saturated rings. The molecule has 138 valence electrons. The van der Waals surface area contributed by atoms with Gasteiger partial charge >= 0.3 is 0 Å². The Balaban J connectivity index is 2.38. The molecule has 6 heteroatoms. The number of nitrogens with zero attached hydrogens (tertiary/aromatic N) is 2. The molecule has 0 spiro atoms. The summed E-state index contributed by atoms with van der Waals surface area (Å²) in [7, 11) is 0. The van der Waals surface area contributed by atoms with Crippen LogP contribution in [0, 0.1) is 18.6 Å². The van der Waals surface area contributed by atoms with Gasteiger partial charge in [0.25, 0.3) is 5.56 Å². The third kappa shape index (κ3) is 3.43. The summed E-state index contributed by atoms with van der Waals surface area (Å²) < 4.78 is 30.0. The summed E-state index contributed by atoms with van der Waals surface area (Å²) in [6, 6.07) is 7.06. The van der Waals surface area contributed by atoms with E-state index in [1.807, 2.05) is 0 Å². The van der Waals surface area contributed by atoms with E-state index in [9.17, 15) is 18.4 Å². The molecule has 0 aliphatic rings. The molecule has 1 heterocycles. The summed E-state index contributed by atoms with van der Waals surface area (Å²) in [6.07, 6.45) is 2.90. The third-order valence-electron chi connectivity index (χ3n) is 4.28. The first-order valence-corrected chi connectivity index (χ1v) is 8.52. The Labute approximate surface area is 154 Å². The van der Waals surface area contributed by atoms with Gasteiger partial charge in [-0.25, -0.2) is 13.8 Å². The summed E-state index contributed by atoms with van der Waals surface area (Å²) in [6.45, 7) is 4.85. The second kappa shape index (κ2) is 7.23. The van der Waals surface area contributed by atoms with Crippen molar-refractivity contribution in [2.75, 3.05) is 0 Å². The van der Waals surface area contributed by atoms with Crippen LogP contribution in [0.5, 0.6) is 0 Å². The maximum absolute atomic E-state index is 14.5. The molecule has 0 saturated carbocycles. The summed E-state index contributed by atoms with van der Waals surface area (Å²) >= 11 is 0. The van der Waals surface area contributed by atoms with Crippen molar-refractivity contribution >= 4 is 22.8 Å². The number of fused-ring (bicyclic) bond motifs is 1. The summed E-state index contributed by atoms with van der Waals surface area (Å²) in [5.74, 6) is -1.03. The van der Waals surface area contributed by atoms with Gasteiger partial charge in [-0.05, 0) is 43.7 Å². The monoisotopic (exact) mass is 368 g/mol. The van der Waals surface area contributed by atoms with Gasteiger partial charge in [0.2, 0.25) is 0 Å². The second-order valence-electron chi connectivity index (χ2n) is 6.26. The first-order valence-electron chi connectivity index (χ1n) is 8.52. The molecule has 3 rings (SSSR count). The van der Waals surface area contributed by atoms with Crippen LogP contribution >= 0.6 is 0 Å². The van der Waals surface area contributed by atoms with Gasteiger partial charge in [0.05, 0.1) is 16.6 Å². The van der Waals surface area contributed by atoms with Crippen LogP contribution in [0.2, 0.25) is 0 Å². The number of para-hydroxylation sites is 1. The Morgan fingerprint density at radius 3 is 2.59 bits per heavy atom. The van der Waals surface area contributed by atoms with Crippen LogP contribution in [0.3, 0.4) is 0 Å². The number of aryl methyl sites for hydroxylation is 2. The molecule has 0 aliphatic heterocycles. The van der Waals surface area contributed by atoms with E-state index in [2.05, 4.69) is 4.98 Å². The minimum atomic E-state index is -0.589. The standard InChI is InChI=1S/C21H18F2N2O2/c1-4-19-24-18-11-17(23)14(9-8-13(3)26)10-15(18)21(27)25(19)20-12(2)6-5-7-16(20)22/h5-11H,4H2,1-3H3/b9-8+. The maximum atomic E-state index is 14.5. The van der Waals surface area contributed by atoms with Crippen molar-refractivity contribution in [3.8, 4) is 5.69 Å². The fourth-order valence-electron chi connectivity index (χ4n) is 2.98. The molecule has 4 nitrogen and oxygen atoms in total. The molecule has 1 aromatic heterocycles. The summed E-state index contributed by atoms with van der Waals surface area (Å²) in [5, 5.41) is 0.152. The lowest BCUT2D eigenvalue weighted by Gasteiger charge is -2.15. The van der Waals surface area contributed by atoms with Gasteiger partial charge in [-0.2, -0.15) is 0 Å². The highest BCUT2D eigenvalue weighted by atomic mass is 19.1. The highest BCUT2D eigenvalue weighted by molar-refractivity contribution is 5.92. The molecule has 0 N–H and O–H groups in total. The predicted molar refractivity (Wildman–Crippen MR) is 101 cm³/mol. The molecule has 27 heavy (non-hydrogen) atoms. The van der Waals surface area contributed by atoms with Crippen LogP contribution in [0.25, 0.3) is 22.7 Å². The molecular formula is C21H18F2N2O2. The topological polar surface area (TPSA) is 52.0 Å². The zero-order valence-corrected chi connectivity index (χ0v) is 15.2. The second-order valence-corrected chi connectivity index (χ2v) is 6.26. The van der Waals surface area contributed by atoms with Crippen LogP contribution in [-0.4, -0.2) is 15.3 Å². The van der Waals surface area contributed by atoms with Crippen LogP contribution in [-0.2, 0) is 11.2 Å². The molecule has 0 radical (unpaired) electrons. The van der Waals surface area contributed by atoms with Crippen molar-refractivity contribution < 1.29 is 13.6 Å². The van der Waals surface area contributed by atoms with E-state index in [1.54, 1.807) is 26.0 Å². The average Bonchev–Trinajstić information content (AvgIpc) is 2.61. The largest absolute Gasteiger partial charge is 0.295 e. The number of benzene rings is 2. The highest BCUT2D eigenvalue weighted by Gasteiger charge is 2.17. The number of ketones is 1. The van der Waals surface area contributed by atoms with Crippen molar-refractivity contribution in [3.05, 3.63) is 75.3 Å². The lowest BCUT2D eigenvalue weighted by molar-refractivity contribution is -0.112. The number of carbonyl (C=O) groups is 1. The van der Waals surface area contributed by atoms with Gasteiger partial charge in [0.1, 0.15) is 17.5 Å². The molecular weight excluding hydrogens is 350 g/mol. The first kappa shape index (κ1) is 18.6. The molecule has 2 aromatic carbocycles. The van der Waals surface area contributed by atoms with Crippen molar-refractivity contribution in [3.63, 3.8) is 0 Å². The quantitative estimate of drug-likeness (QED) is 0.651. The number of allylic oxidation sites excluding steroid dienone is 1. The zero-order valence-electron chi connectivity index (χ0n) is 15.2. The number of carbonyl (C=O) groups excluding carboxylic acids is 1. The fraction of sp³-hybridized carbons (Fsp3) is 0.190. The molecule has 0 saturated heterocycles. The minimum Gasteiger partial charge on any atom is -0.295 e. The normalized spacial score (nSPS) is 11.4. The van der Waals surface area contributed by atoms with Gasteiger partial charge in [0.15, 0.2) is 5.78 Å². The number of hydrogen-bond acceptors (Lipinski definition) is 3. The van der Waals surface area contributed by atoms with E-state index in [4.69, 9.17) is 0 Å². The number of hydrogen-bond donors (Lipinski definition) is 0. The summed E-state index contributed by atoms with van der Waals surface area (Å²) in [4.78, 5) is 28.7. The lowest BCUT2D eigenvalue weighted by Crippen LogP contribution is -2.25. The van der Waals surface area contributed by atoms with Gasteiger partial charge in [-0.15, -0.1) is 0 Å². The number of aromatic nitrogens is 2. The average molecular weight is 368 g/mol. The van der Waals surface area contributed by atoms with Gasteiger partial charge in [-0.1, -0.05) is 19.1 Å². The molecule has 3 aromatic rings. The van der Waals surface area contributed by atoms with Crippen LogP contribution in [0.1, 0.15) is 30.8 Å². The number of halogens is 2. The van der Waals surface area contributed by atoms with E-state index in [-0.39, 0.29) is 27.9 Å². The molecule has 0 bridgehead atoms. The van der Waals surface area contributed by atoms with E-state index < -0.39 is 17.2 Å². The Bertz CT molecular complexity index is 1130. The predicted octanol–water partition coefficient (Wildman–Crippen LogP) is 4.14. The first-order chi connectivity index (χ1) is 12.8. The zero-order chi connectivity index (χ0) is 19.7. The highest BCUT2D eigenvalue weighted by Crippen LogP contribution is 2.22. The Morgan fingerprint density at radius 1 is 1.22 bits per heavy atom. The van der Waals surface area contributed by atoms with E-state index in [0.29, 0.717) is 17.8 Å². The van der Waals surface area contributed by atoms with Gasteiger partial charge < -0.3 is 0 Å². The van der Waals surface area contributed by atoms with Crippen LogP contribution in [0.4, 0.5) is 8.78 Å². The molecule has 0 amide bonds. The third-order valence-corrected chi connectivity index (χ3v) is 4.28. The molecule has 0 aliphatic carbocycles. The molecule has 0 atom stereocenters.